The van der Waals surface area contributed by atoms with Crippen LogP contribution in [0, 0.1) is 23.7 Å². The predicted molar refractivity (Wildman–Crippen MR) is 119 cm³/mol. The molecule has 2 unspecified atom stereocenters. The van der Waals surface area contributed by atoms with Crippen molar-refractivity contribution < 1.29 is 4.74 Å². The monoisotopic (exact) mass is 381 g/mol. The number of nitrogens with one attached hydrogen (secondary N) is 1. The second kappa shape index (κ2) is 10.3. The number of rotatable bonds is 8. The number of ether oxygens (including phenoxy) is 1. The van der Waals surface area contributed by atoms with Gasteiger partial charge < -0.3 is 10.1 Å². The van der Waals surface area contributed by atoms with Crippen LogP contribution in [-0.2, 0) is 6.54 Å². The third-order valence-corrected chi connectivity index (χ3v) is 6.50. The molecule has 0 aliphatic heterocycles. The van der Waals surface area contributed by atoms with Gasteiger partial charge >= 0.3 is 0 Å². The fraction of sp³-hybridized carbons (Fsp3) is 0.615. The molecule has 0 radical (unpaired) electrons. The zero-order valence-corrected chi connectivity index (χ0v) is 18.3. The SMILES string of the molecule is CC=C(C=CC(C)C)Oc1ccc(CNC2CC3CC(CC)CC(C3)C2)cc1. The minimum atomic E-state index is 0.527. The van der Waals surface area contributed by atoms with Crippen LogP contribution in [0.5, 0.6) is 5.75 Å². The van der Waals surface area contributed by atoms with Gasteiger partial charge in [0.25, 0.3) is 0 Å². The van der Waals surface area contributed by atoms with Crippen molar-refractivity contribution in [3.05, 3.63) is 53.8 Å². The van der Waals surface area contributed by atoms with Crippen molar-refractivity contribution in [1.29, 1.82) is 0 Å². The molecule has 0 heterocycles. The second-order valence-corrected chi connectivity index (χ2v) is 9.30. The molecule has 2 aliphatic rings. The number of hydrogen-bond acceptors (Lipinski definition) is 2. The Kier molecular flexibility index (Phi) is 7.79. The van der Waals surface area contributed by atoms with E-state index in [1.165, 1.54) is 44.1 Å². The van der Waals surface area contributed by atoms with Crippen molar-refractivity contribution in [1.82, 2.24) is 5.32 Å². The largest absolute Gasteiger partial charge is 0.458 e. The van der Waals surface area contributed by atoms with E-state index in [0.717, 1.165) is 35.8 Å². The summed E-state index contributed by atoms with van der Waals surface area (Å²) in [6, 6.07) is 9.27. The van der Waals surface area contributed by atoms with Crippen molar-refractivity contribution in [2.45, 2.75) is 78.8 Å². The molecular weight excluding hydrogens is 342 g/mol. The van der Waals surface area contributed by atoms with E-state index in [1.54, 1.807) is 0 Å². The minimum absolute atomic E-state index is 0.527. The molecule has 2 nitrogen and oxygen atoms in total. The lowest BCUT2D eigenvalue weighted by Crippen LogP contribution is -2.40. The molecule has 1 N–H and O–H groups in total. The van der Waals surface area contributed by atoms with E-state index in [1.807, 2.05) is 13.0 Å². The molecule has 3 rings (SSSR count). The van der Waals surface area contributed by atoms with Crippen molar-refractivity contribution >= 4 is 0 Å². The molecule has 2 heteroatoms. The van der Waals surface area contributed by atoms with E-state index >= 15 is 0 Å². The molecule has 154 valence electrons. The Morgan fingerprint density at radius 1 is 1.07 bits per heavy atom. The molecule has 1 aromatic carbocycles. The Morgan fingerprint density at radius 3 is 2.32 bits per heavy atom. The zero-order valence-electron chi connectivity index (χ0n) is 18.3. The molecule has 0 spiro atoms. The Hall–Kier alpha value is -1.54. The first-order valence-corrected chi connectivity index (χ1v) is 11.4. The van der Waals surface area contributed by atoms with Gasteiger partial charge in [-0.2, -0.15) is 0 Å². The molecule has 28 heavy (non-hydrogen) atoms. The lowest BCUT2D eigenvalue weighted by molar-refractivity contribution is 0.109. The lowest BCUT2D eigenvalue weighted by Gasteiger charge is -2.42. The Bertz CT molecular complexity index is 644. The number of allylic oxidation sites excluding steroid dienone is 3. The van der Waals surface area contributed by atoms with Crippen LogP contribution in [0.1, 0.15) is 71.8 Å². The second-order valence-electron chi connectivity index (χ2n) is 9.30. The highest BCUT2D eigenvalue weighted by molar-refractivity contribution is 5.30. The molecule has 2 saturated carbocycles. The van der Waals surface area contributed by atoms with Crippen LogP contribution in [0.15, 0.2) is 48.3 Å². The molecule has 0 aromatic heterocycles. The van der Waals surface area contributed by atoms with E-state index in [9.17, 15) is 0 Å². The molecule has 2 atom stereocenters. The Labute approximate surface area is 172 Å². The summed E-state index contributed by atoms with van der Waals surface area (Å²) in [5.74, 6) is 5.25. The molecule has 2 bridgehead atoms. The van der Waals surface area contributed by atoms with Gasteiger partial charge in [0.2, 0.25) is 0 Å². The highest BCUT2D eigenvalue weighted by atomic mass is 16.5. The van der Waals surface area contributed by atoms with Crippen LogP contribution in [0.4, 0.5) is 0 Å². The van der Waals surface area contributed by atoms with E-state index in [0.29, 0.717) is 12.0 Å². The van der Waals surface area contributed by atoms with Crippen LogP contribution < -0.4 is 10.1 Å². The van der Waals surface area contributed by atoms with Gasteiger partial charge in [0, 0.05) is 12.6 Å². The van der Waals surface area contributed by atoms with Crippen LogP contribution in [0.2, 0.25) is 0 Å². The summed E-state index contributed by atoms with van der Waals surface area (Å²) in [6.07, 6.45) is 14.8. The molecule has 2 fully saturated rings. The van der Waals surface area contributed by atoms with Gasteiger partial charge in [-0.05, 0) is 92.5 Å². The maximum absolute atomic E-state index is 5.99. The molecule has 2 aliphatic carbocycles. The summed E-state index contributed by atoms with van der Waals surface area (Å²) in [6.45, 7) is 9.70. The summed E-state index contributed by atoms with van der Waals surface area (Å²) in [5.41, 5.74) is 1.34. The maximum Gasteiger partial charge on any atom is 0.127 e. The number of fused-ring (bicyclic) bond motifs is 2. The summed E-state index contributed by atoms with van der Waals surface area (Å²) < 4.78 is 5.99. The third kappa shape index (κ3) is 6.24. The quantitative estimate of drug-likeness (QED) is 0.391. The maximum atomic E-state index is 5.99. The van der Waals surface area contributed by atoms with Crippen molar-refractivity contribution in [3.8, 4) is 5.75 Å². The highest BCUT2D eigenvalue weighted by Crippen LogP contribution is 2.43. The predicted octanol–water partition coefficient (Wildman–Crippen LogP) is 6.88. The van der Waals surface area contributed by atoms with Crippen molar-refractivity contribution in [2.75, 3.05) is 0 Å². The normalized spacial score (nSPS) is 28.1. The first-order chi connectivity index (χ1) is 13.6. The smallest absolute Gasteiger partial charge is 0.127 e. The molecular formula is C26H39NO. The van der Waals surface area contributed by atoms with Gasteiger partial charge in [0.15, 0.2) is 0 Å². The van der Waals surface area contributed by atoms with Gasteiger partial charge in [-0.1, -0.05) is 45.4 Å². The summed E-state index contributed by atoms with van der Waals surface area (Å²) in [7, 11) is 0. The van der Waals surface area contributed by atoms with Crippen LogP contribution in [-0.4, -0.2) is 6.04 Å². The molecule has 0 saturated heterocycles. The van der Waals surface area contributed by atoms with Crippen LogP contribution in [0.25, 0.3) is 0 Å². The van der Waals surface area contributed by atoms with Gasteiger partial charge in [0.05, 0.1) is 0 Å². The summed E-state index contributed by atoms with van der Waals surface area (Å²) in [5, 5.41) is 3.84. The zero-order chi connectivity index (χ0) is 19.9. The van der Waals surface area contributed by atoms with Gasteiger partial charge in [0.1, 0.15) is 11.5 Å². The van der Waals surface area contributed by atoms with Gasteiger partial charge in [-0.25, -0.2) is 0 Å². The molecule has 0 amide bonds. The standard InChI is InChI=1S/C26H39NO/c1-5-20-13-22-15-23(14-20)17-24(16-22)27-18-21-8-11-26(12-9-21)28-25(6-2)10-7-19(3)4/h6-12,19-20,22-24,27H,5,13-18H2,1-4H3. The third-order valence-electron chi connectivity index (χ3n) is 6.50. The van der Waals surface area contributed by atoms with Crippen LogP contribution in [0.3, 0.4) is 0 Å². The first kappa shape index (κ1) is 21.2. The minimum Gasteiger partial charge on any atom is -0.458 e. The van der Waals surface area contributed by atoms with Gasteiger partial charge in [-0.3, -0.25) is 0 Å². The number of benzene rings is 1. The average Bonchev–Trinajstić information content (AvgIpc) is 2.69. The summed E-state index contributed by atoms with van der Waals surface area (Å²) >= 11 is 0. The Balaban J connectivity index is 1.47. The van der Waals surface area contributed by atoms with E-state index in [4.69, 9.17) is 4.74 Å². The Morgan fingerprint density at radius 2 is 1.75 bits per heavy atom. The fourth-order valence-electron chi connectivity index (χ4n) is 5.04. The summed E-state index contributed by atoms with van der Waals surface area (Å²) in [4.78, 5) is 0. The molecule has 1 aromatic rings. The number of hydrogen-bond donors (Lipinski definition) is 1. The lowest BCUT2D eigenvalue weighted by atomic mass is 9.66. The topological polar surface area (TPSA) is 21.3 Å². The average molecular weight is 382 g/mol. The van der Waals surface area contributed by atoms with Gasteiger partial charge in [-0.15, -0.1) is 0 Å². The van der Waals surface area contributed by atoms with E-state index < -0.39 is 0 Å². The van der Waals surface area contributed by atoms with Crippen molar-refractivity contribution in [2.24, 2.45) is 23.7 Å². The van der Waals surface area contributed by atoms with E-state index in [2.05, 4.69) is 62.5 Å². The highest BCUT2D eigenvalue weighted by Gasteiger charge is 2.35. The fourth-order valence-corrected chi connectivity index (χ4v) is 5.04. The first-order valence-electron chi connectivity index (χ1n) is 11.4. The van der Waals surface area contributed by atoms with Crippen molar-refractivity contribution in [3.63, 3.8) is 0 Å². The van der Waals surface area contributed by atoms with E-state index in [-0.39, 0.29) is 0 Å². The van der Waals surface area contributed by atoms with Crippen LogP contribution >= 0.6 is 0 Å².